The van der Waals surface area contributed by atoms with Crippen LogP contribution in [0.15, 0.2) is 18.2 Å². The van der Waals surface area contributed by atoms with Crippen LogP contribution in [0.1, 0.15) is 52.5 Å². The molecule has 1 aromatic carbocycles. The topological polar surface area (TPSA) is 30.5 Å². The van der Waals surface area contributed by atoms with Crippen molar-refractivity contribution in [1.29, 1.82) is 0 Å². The average molecular weight is 291 g/mol. The molecule has 1 fully saturated rings. The Morgan fingerprint density at radius 1 is 1.14 bits per heavy atom. The molecule has 3 heteroatoms. The molecule has 3 nitrogen and oxygen atoms in total. The zero-order chi connectivity index (χ0) is 15.3. The van der Waals surface area contributed by atoms with Gasteiger partial charge in [-0.05, 0) is 62.8 Å². The van der Waals surface area contributed by atoms with E-state index in [0.29, 0.717) is 19.3 Å². The molecule has 0 spiro atoms. The van der Waals surface area contributed by atoms with E-state index in [9.17, 15) is 0 Å². The fourth-order valence-electron chi connectivity index (χ4n) is 3.39. The maximum absolute atomic E-state index is 5.77. The molecule has 0 amide bonds. The lowest BCUT2D eigenvalue weighted by molar-refractivity contribution is 0.286. The van der Waals surface area contributed by atoms with Crippen LogP contribution in [0.3, 0.4) is 0 Å². The molecule has 0 aliphatic heterocycles. The molecule has 118 valence electrons. The van der Waals surface area contributed by atoms with Crippen molar-refractivity contribution in [2.24, 2.45) is 0 Å². The number of benzene rings is 1. The van der Waals surface area contributed by atoms with E-state index < -0.39 is 0 Å². The summed E-state index contributed by atoms with van der Waals surface area (Å²) in [5.41, 5.74) is 1.61. The summed E-state index contributed by atoms with van der Waals surface area (Å²) >= 11 is 0. The summed E-state index contributed by atoms with van der Waals surface area (Å²) in [7, 11) is 0. The summed E-state index contributed by atoms with van der Waals surface area (Å²) in [6, 6.07) is 7.10. The van der Waals surface area contributed by atoms with Gasteiger partial charge in [0.2, 0.25) is 0 Å². The molecule has 1 aliphatic rings. The fraction of sp³-hybridized carbons (Fsp3) is 0.667. The van der Waals surface area contributed by atoms with Crippen molar-refractivity contribution >= 4 is 0 Å². The summed E-state index contributed by atoms with van der Waals surface area (Å²) < 4.78 is 11.4. The lowest BCUT2D eigenvalue weighted by atomic mass is 9.80. The van der Waals surface area contributed by atoms with E-state index in [4.69, 9.17) is 9.47 Å². The molecular formula is C18H29NO2. The van der Waals surface area contributed by atoms with Crippen LogP contribution in [0.5, 0.6) is 11.5 Å². The van der Waals surface area contributed by atoms with Gasteiger partial charge in [-0.1, -0.05) is 19.9 Å². The highest BCUT2D eigenvalue weighted by atomic mass is 16.5. The van der Waals surface area contributed by atoms with Crippen molar-refractivity contribution in [3.8, 4) is 11.5 Å². The lowest BCUT2D eigenvalue weighted by Crippen LogP contribution is -2.28. The molecule has 0 radical (unpaired) electrons. The van der Waals surface area contributed by atoms with Gasteiger partial charge in [0.1, 0.15) is 0 Å². The minimum absolute atomic E-state index is 0.240. The first kappa shape index (κ1) is 16.2. The SMILES string of the molecule is CCNC1CCC(C)(c2ccc(OCC)c(OCC)c2)C1. The Morgan fingerprint density at radius 3 is 2.52 bits per heavy atom. The molecule has 2 unspecified atom stereocenters. The summed E-state index contributed by atoms with van der Waals surface area (Å²) in [5.74, 6) is 1.73. The molecule has 0 bridgehead atoms. The van der Waals surface area contributed by atoms with Crippen LogP contribution < -0.4 is 14.8 Å². The Labute approximate surface area is 129 Å². The van der Waals surface area contributed by atoms with Crippen LogP contribution in [0.4, 0.5) is 0 Å². The Bertz CT molecular complexity index is 461. The second-order valence-electron chi connectivity index (χ2n) is 6.09. The van der Waals surface area contributed by atoms with Gasteiger partial charge in [-0.2, -0.15) is 0 Å². The van der Waals surface area contributed by atoms with E-state index in [-0.39, 0.29) is 5.41 Å². The first-order valence-corrected chi connectivity index (χ1v) is 8.26. The number of rotatable bonds is 7. The summed E-state index contributed by atoms with van der Waals surface area (Å²) in [6.45, 7) is 11.0. The lowest BCUT2D eigenvalue weighted by Gasteiger charge is -2.26. The van der Waals surface area contributed by atoms with E-state index in [1.807, 2.05) is 13.8 Å². The van der Waals surface area contributed by atoms with Gasteiger partial charge in [0.05, 0.1) is 13.2 Å². The summed E-state index contributed by atoms with van der Waals surface area (Å²) in [4.78, 5) is 0. The maximum Gasteiger partial charge on any atom is 0.161 e. The first-order valence-electron chi connectivity index (χ1n) is 8.26. The molecule has 1 saturated carbocycles. The molecular weight excluding hydrogens is 262 g/mol. The standard InChI is InChI=1S/C18H29NO2/c1-5-19-15-10-11-18(4,13-15)14-8-9-16(20-6-2)17(12-14)21-7-3/h8-9,12,15,19H,5-7,10-11,13H2,1-4H3. The van der Waals surface area contributed by atoms with E-state index in [1.54, 1.807) is 0 Å². The average Bonchev–Trinajstić information content (AvgIpc) is 2.84. The number of nitrogens with one attached hydrogen (secondary N) is 1. The number of hydrogen-bond acceptors (Lipinski definition) is 3. The zero-order valence-corrected chi connectivity index (χ0v) is 13.9. The molecule has 1 aliphatic carbocycles. The third kappa shape index (κ3) is 3.70. The van der Waals surface area contributed by atoms with Gasteiger partial charge < -0.3 is 14.8 Å². The van der Waals surface area contributed by atoms with Gasteiger partial charge in [0, 0.05) is 6.04 Å². The van der Waals surface area contributed by atoms with Gasteiger partial charge >= 0.3 is 0 Å². The highest BCUT2D eigenvalue weighted by Crippen LogP contribution is 2.43. The third-order valence-electron chi connectivity index (χ3n) is 4.47. The van der Waals surface area contributed by atoms with E-state index >= 15 is 0 Å². The van der Waals surface area contributed by atoms with Gasteiger partial charge in [0.25, 0.3) is 0 Å². The van der Waals surface area contributed by atoms with Crippen LogP contribution in [-0.2, 0) is 5.41 Å². The molecule has 0 aromatic heterocycles. The van der Waals surface area contributed by atoms with Crippen LogP contribution in [0, 0.1) is 0 Å². The predicted molar refractivity (Wildman–Crippen MR) is 87.4 cm³/mol. The number of hydrogen-bond donors (Lipinski definition) is 1. The predicted octanol–water partition coefficient (Wildman–Crippen LogP) is 3.90. The van der Waals surface area contributed by atoms with E-state index in [1.165, 1.54) is 24.8 Å². The highest BCUT2D eigenvalue weighted by molar-refractivity contribution is 5.45. The minimum Gasteiger partial charge on any atom is -0.490 e. The summed E-state index contributed by atoms with van der Waals surface area (Å²) in [5, 5.41) is 3.58. The molecule has 2 atom stereocenters. The van der Waals surface area contributed by atoms with Gasteiger partial charge in [-0.15, -0.1) is 0 Å². The molecule has 1 N–H and O–H groups in total. The van der Waals surface area contributed by atoms with Crippen LogP contribution in [0.2, 0.25) is 0 Å². The van der Waals surface area contributed by atoms with E-state index in [0.717, 1.165) is 18.0 Å². The first-order chi connectivity index (χ1) is 10.1. The smallest absolute Gasteiger partial charge is 0.161 e. The second-order valence-corrected chi connectivity index (χ2v) is 6.09. The summed E-state index contributed by atoms with van der Waals surface area (Å²) in [6.07, 6.45) is 3.67. The van der Waals surface area contributed by atoms with Crippen molar-refractivity contribution in [1.82, 2.24) is 5.32 Å². The zero-order valence-electron chi connectivity index (χ0n) is 13.9. The molecule has 1 aromatic rings. The second kappa shape index (κ2) is 7.17. The highest BCUT2D eigenvalue weighted by Gasteiger charge is 2.36. The van der Waals surface area contributed by atoms with Gasteiger partial charge in [-0.25, -0.2) is 0 Å². The Kier molecular flexibility index (Phi) is 5.51. The van der Waals surface area contributed by atoms with Crippen molar-refractivity contribution in [2.75, 3.05) is 19.8 Å². The van der Waals surface area contributed by atoms with Crippen LogP contribution in [0.25, 0.3) is 0 Å². The van der Waals surface area contributed by atoms with Crippen molar-refractivity contribution in [2.45, 2.75) is 58.4 Å². The minimum atomic E-state index is 0.240. The quantitative estimate of drug-likeness (QED) is 0.826. The van der Waals surface area contributed by atoms with Crippen LogP contribution >= 0.6 is 0 Å². The Balaban J connectivity index is 2.21. The Hall–Kier alpha value is -1.22. The normalized spacial score (nSPS) is 25.0. The van der Waals surface area contributed by atoms with Gasteiger partial charge in [-0.3, -0.25) is 0 Å². The Morgan fingerprint density at radius 2 is 1.86 bits per heavy atom. The third-order valence-corrected chi connectivity index (χ3v) is 4.47. The molecule has 21 heavy (non-hydrogen) atoms. The number of ether oxygens (including phenoxy) is 2. The van der Waals surface area contributed by atoms with E-state index in [2.05, 4.69) is 37.4 Å². The molecule has 2 rings (SSSR count). The fourth-order valence-corrected chi connectivity index (χ4v) is 3.39. The maximum atomic E-state index is 5.77. The van der Waals surface area contributed by atoms with Crippen molar-refractivity contribution in [3.63, 3.8) is 0 Å². The van der Waals surface area contributed by atoms with Crippen molar-refractivity contribution in [3.05, 3.63) is 23.8 Å². The largest absolute Gasteiger partial charge is 0.490 e. The molecule has 0 saturated heterocycles. The van der Waals surface area contributed by atoms with Gasteiger partial charge in [0.15, 0.2) is 11.5 Å². The van der Waals surface area contributed by atoms with Crippen molar-refractivity contribution < 1.29 is 9.47 Å². The monoisotopic (exact) mass is 291 g/mol. The van der Waals surface area contributed by atoms with Crippen LogP contribution in [-0.4, -0.2) is 25.8 Å². The molecule has 0 heterocycles.